The number of hydrogen-bond donors (Lipinski definition) is 2. The number of rotatable bonds is 18. The lowest BCUT2D eigenvalue weighted by atomic mass is 10.0. The number of fused-ring (bicyclic) bond motifs is 1. The van der Waals surface area contributed by atoms with Gasteiger partial charge in [0.15, 0.2) is 10.8 Å². The van der Waals surface area contributed by atoms with Crippen LogP contribution in [-0.2, 0) is 38.2 Å². The maximum Gasteiger partial charge on any atom is 0.355 e. The molecule has 2 aliphatic rings. The molecule has 2 atom stereocenters. The number of nitrogens with one attached hydrogen (secondary N) is 2. The Balaban J connectivity index is 1.62. The molecule has 2 aliphatic heterocycles. The highest BCUT2D eigenvalue weighted by Crippen LogP contribution is 2.38. The zero-order valence-electron chi connectivity index (χ0n) is 22.8. The van der Waals surface area contributed by atoms with Crippen LogP contribution in [0, 0.1) is 0 Å². The normalized spacial score (nSPS) is 18.5. The Kier molecular flexibility index (Phi) is 12.8. The van der Waals surface area contributed by atoms with Crippen molar-refractivity contribution in [3.05, 3.63) is 22.8 Å². The third-order valence-corrected chi connectivity index (χ3v) is 7.79. The molecule has 1 unspecified atom stereocenters. The molecule has 1 saturated heterocycles. The lowest BCUT2D eigenvalue weighted by molar-refractivity contribution is -0.159. The molecule has 2 N–H and O–H groups in total. The Morgan fingerprint density at radius 2 is 1.93 bits per heavy atom. The predicted molar refractivity (Wildman–Crippen MR) is 150 cm³/mol. The number of aromatic nitrogens is 1. The smallest absolute Gasteiger partial charge is 0.355 e. The molecule has 13 nitrogen and oxygen atoms in total. The summed E-state index contributed by atoms with van der Waals surface area (Å²) in [6.07, 6.45) is 5.25. The van der Waals surface area contributed by atoms with Crippen LogP contribution in [0.2, 0.25) is 0 Å². The fraction of sp³-hybridized carbons (Fsp3) is 0.600. The van der Waals surface area contributed by atoms with Crippen molar-refractivity contribution < 1.29 is 38.2 Å². The van der Waals surface area contributed by atoms with Crippen LogP contribution in [0.5, 0.6) is 0 Å². The molecule has 1 aromatic rings. The van der Waals surface area contributed by atoms with Crippen molar-refractivity contribution in [1.82, 2.24) is 15.2 Å². The first-order valence-electron chi connectivity index (χ1n) is 13.0. The van der Waals surface area contributed by atoms with Crippen molar-refractivity contribution in [2.75, 3.05) is 44.6 Å². The summed E-state index contributed by atoms with van der Waals surface area (Å²) in [6, 6.07) is -0.896. The summed E-state index contributed by atoms with van der Waals surface area (Å²) in [4.78, 5) is 60.2. The molecule has 0 spiro atoms. The summed E-state index contributed by atoms with van der Waals surface area (Å²) in [5, 5.41) is 10.1. The number of ether oxygens (including phenoxy) is 3. The summed E-state index contributed by atoms with van der Waals surface area (Å²) in [5.41, 5.74) is 0.140. The summed E-state index contributed by atoms with van der Waals surface area (Å²) >= 11 is 2.50. The minimum absolute atomic E-state index is 0.126. The van der Waals surface area contributed by atoms with E-state index in [2.05, 4.69) is 34.6 Å². The molecule has 40 heavy (non-hydrogen) atoms. The lowest BCUT2D eigenvalue weighted by Gasteiger charge is -2.48. The molecule has 1 fully saturated rings. The number of unbranched alkanes of at least 4 members (excludes halogenated alkanes) is 2. The number of thiazole rings is 1. The second-order valence-electron chi connectivity index (χ2n) is 8.78. The molecule has 0 aromatic carbocycles. The predicted octanol–water partition coefficient (Wildman–Crippen LogP) is 1.89. The molecule has 0 aliphatic carbocycles. The fourth-order valence-corrected chi connectivity index (χ4v) is 5.63. The van der Waals surface area contributed by atoms with Crippen LogP contribution in [0.25, 0.3) is 0 Å². The van der Waals surface area contributed by atoms with Gasteiger partial charge in [-0.05, 0) is 18.9 Å². The third kappa shape index (κ3) is 8.25. The van der Waals surface area contributed by atoms with Gasteiger partial charge < -0.3 is 29.7 Å². The highest BCUT2D eigenvalue weighted by atomic mass is 32.2. The number of thioether (sulfide) groups is 1. The number of carbonyl (C=O) groups excluding carboxylic acids is 4. The molecule has 3 heterocycles. The number of hydrogen-bond acceptors (Lipinski definition) is 12. The number of esters is 1. The number of anilines is 1. The quantitative estimate of drug-likeness (QED) is 0.0639. The molecular formula is C25H35N5O8S2. The van der Waals surface area contributed by atoms with Crippen molar-refractivity contribution in [3.8, 4) is 0 Å². The number of amides is 3. The van der Waals surface area contributed by atoms with Crippen LogP contribution in [0.15, 0.2) is 22.3 Å². The van der Waals surface area contributed by atoms with E-state index in [1.54, 1.807) is 6.08 Å². The number of nitrogens with zero attached hydrogens (tertiary/aromatic N) is 3. The van der Waals surface area contributed by atoms with Gasteiger partial charge in [0.2, 0.25) is 6.41 Å². The second kappa shape index (κ2) is 16.3. The van der Waals surface area contributed by atoms with E-state index in [1.807, 2.05) is 0 Å². The molecule has 0 bridgehead atoms. The Morgan fingerprint density at radius 1 is 1.23 bits per heavy atom. The molecule has 220 valence electrons. The topological polar surface area (TPSA) is 158 Å². The summed E-state index contributed by atoms with van der Waals surface area (Å²) in [6.45, 7) is 5.61. The molecule has 0 radical (unpaired) electrons. The van der Waals surface area contributed by atoms with E-state index in [-0.39, 0.29) is 35.4 Å². The van der Waals surface area contributed by atoms with E-state index < -0.39 is 35.3 Å². The Morgan fingerprint density at radius 3 is 2.55 bits per heavy atom. The Hall–Kier alpha value is -3.01. The molecule has 3 rings (SSSR count). The monoisotopic (exact) mass is 597 g/mol. The van der Waals surface area contributed by atoms with Crippen LogP contribution in [0.3, 0.4) is 0 Å². The molecule has 3 amide bonds. The minimum atomic E-state index is -0.896. The zero-order valence-corrected chi connectivity index (χ0v) is 24.4. The maximum atomic E-state index is 13.1. The van der Waals surface area contributed by atoms with Gasteiger partial charge in [-0.2, -0.15) is 0 Å². The van der Waals surface area contributed by atoms with Gasteiger partial charge >= 0.3 is 5.97 Å². The molecule has 0 saturated carbocycles. The van der Waals surface area contributed by atoms with E-state index in [0.29, 0.717) is 25.4 Å². The zero-order chi connectivity index (χ0) is 28.9. The number of β-lactam (4-membered cyclic amide) rings is 1. The van der Waals surface area contributed by atoms with Gasteiger partial charge in [0.1, 0.15) is 36.0 Å². The Bertz CT molecular complexity index is 1080. The van der Waals surface area contributed by atoms with Crippen LogP contribution < -0.4 is 10.6 Å². The average molecular weight is 598 g/mol. The first-order chi connectivity index (χ1) is 19.4. The van der Waals surface area contributed by atoms with Crippen molar-refractivity contribution in [2.24, 2.45) is 5.16 Å². The standard InChI is InChI=1S/C25H35N5O8S2/c1-4-6-9-36-12-16(13-37-10-7-5-2)38-24(34)18-8-11-39-23-20(22(33)30(18)23)28-21(32)19(29-35-3)17-14-40-25(27-17)26-15-31/h8,14-16,20,23H,4-7,9-13H2,1-3H3,(H,28,32)(H,26,27,31)/t20?,23-/m1/s1. The first-order valence-corrected chi connectivity index (χ1v) is 15.0. The van der Waals surface area contributed by atoms with E-state index in [9.17, 15) is 19.2 Å². The largest absolute Gasteiger partial charge is 0.453 e. The van der Waals surface area contributed by atoms with Crippen LogP contribution in [0.1, 0.15) is 45.2 Å². The minimum Gasteiger partial charge on any atom is -0.453 e. The van der Waals surface area contributed by atoms with Crippen molar-refractivity contribution in [1.29, 1.82) is 0 Å². The van der Waals surface area contributed by atoms with Gasteiger partial charge in [-0.25, -0.2) is 9.78 Å². The summed E-state index contributed by atoms with van der Waals surface area (Å²) in [7, 11) is 1.27. The van der Waals surface area contributed by atoms with Crippen LogP contribution in [-0.4, -0.2) is 96.6 Å². The SMILES string of the molecule is CCCCOCC(COCCCC)OC(=O)C1=CCS[C@@H]2C(NC(=O)C(=NOC)c3csc(NC=O)n3)C(=O)N12. The maximum absolute atomic E-state index is 13.1. The van der Waals surface area contributed by atoms with E-state index >= 15 is 0 Å². The van der Waals surface area contributed by atoms with Crippen molar-refractivity contribution in [3.63, 3.8) is 0 Å². The number of carbonyl (C=O) groups is 4. The third-order valence-electron chi connectivity index (χ3n) is 5.83. The molecule has 1 aromatic heterocycles. The van der Waals surface area contributed by atoms with Gasteiger partial charge in [0.25, 0.3) is 11.8 Å². The van der Waals surface area contributed by atoms with Crippen LogP contribution in [0.4, 0.5) is 5.13 Å². The highest BCUT2D eigenvalue weighted by Gasteiger charge is 2.53. The second-order valence-corrected chi connectivity index (χ2v) is 10.8. The molecular weight excluding hydrogens is 562 g/mol. The average Bonchev–Trinajstić information content (AvgIpc) is 3.42. The van der Waals surface area contributed by atoms with Gasteiger partial charge in [0, 0.05) is 24.3 Å². The van der Waals surface area contributed by atoms with Gasteiger partial charge in [0.05, 0.1) is 13.2 Å². The van der Waals surface area contributed by atoms with Gasteiger partial charge in [-0.15, -0.1) is 23.1 Å². The highest BCUT2D eigenvalue weighted by molar-refractivity contribution is 8.00. The Labute approximate surface area is 241 Å². The van der Waals surface area contributed by atoms with Gasteiger partial charge in [-0.3, -0.25) is 19.3 Å². The van der Waals surface area contributed by atoms with Crippen molar-refractivity contribution in [2.45, 2.75) is 57.1 Å². The lowest BCUT2D eigenvalue weighted by Crippen LogP contribution is -2.70. The summed E-state index contributed by atoms with van der Waals surface area (Å²) in [5.74, 6) is -1.34. The van der Waals surface area contributed by atoms with E-state index in [4.69, 9.17) is 19.0 Å². The van der Waals surface area contributed by atoms with Crippen molar-refractivity contribution >= 4 is 58.1 Å². The van der Waals surface area contributed by atoms with E-state index in [1.165, 1.54) is 29.2 Å². The van der Waals surface area contributed by atoms with Crippen LogP contribution >= 0.6 is 23.1 Å². The van der Waals surface area contributed by atoms with Gasteiger partial charge in [-0.1, -0.05) is 31.8 Å². The summed E-state index contributed by atoms with van der Waals surface area (Å²) < 4.78 is 17.0. The first kappa shape index (κ1) is 31.5. The fourth-order valence-electron chi connectivity index (χ4n) is 3.78. The number of oxime groups is 1. The molecule has 15 heteroatoms. The van der Waals surface area contributed by atoms with E-state index in [0.717, 1.165) is 37.0 Å².